The SMILES string of the molecule is CCCC(=O)COc1cccc(F)c1F. The number of hydrogen-bond donors (Lipinski definition) is 0. The van der Waals surface area contributed by atoms with Crippen molar-refractivity contribution in [2.45, 2.75) is 19.8 Å². The van der Waals surface area contributed by atoms with E-state index in [0.717, 1.165) is 6.07 Å². The van der Waals surface area contributed by atoms with E-state index in [-0.39, 0.29) is 18.1 Å². The van der Waals surface area contributed by atoms with E-state index in [2.05, 4.69) is 0 Å². The number of carbonyl (C=O) groups excluding carboxylic acids is 1. The molecule has 4 heteroatoms. The van der Waals surface area contributed by atoms with Gasteiger partial charge >= 0.3 is 0 Å². The zero-order valence-electron chi connectivity index (χ0n) is 8.43. The zero-order valence-corrected chi connectivity index (χ0v) is 8.43. The van der Waals surface area contributed by atoms with E-state index in [1.165, 1.54) is 12.1 Å². The first-order valence-electron chi connectivity index (χ1n) is 4.73. The van der Waals surface area contributed by atoms with Crippen molar-refractivity contribution in [2.24, 2.45) is 0 Å². The fourth-order valence-corrected chi connectivity index (χ4v) is 1.10. The topological polar surface area (TPSA) is 26.3 Å². The highest BCUT2D eigenvalue weighted by molar-refractivity contribution is 5.79. The minimum absolute atomic E-state index is 0.124. The van der Waals surface area contributed by atoms with Crippen LogP contribution in [0.15, 0.2) is 18.2 Å². The second-order valence-electron chi connectivity index (χ2n) is 3.13. The number of carbonyl (C=O) groups is 1. The lowest BCUT2D eigenvalue weighted by molar-refractivity contribution is -0.121. The average Bonchev–Trinajstić information content (AvgIpc) is 2.21. The predicted molar refractivity (Wildman–Crippen MR) is 51.8 cm³/mol. The van der Waals surface area contributed by atoms with Crippen LogP contribution in [0.3, 0.4) is 0 Å². The summed E-state index contributed by atoms with van der Waals surface area (Å²) in [6.07, 6.45) is 1.10. The Labute approximate surface area is 86.9 Å². The Morgan fingerprint density at radius 1 is 1.40 bits per heavy atom. The standard InChI is InChI=1S/C11H12F2O2/c1-2-4-8(14)7-15-10-6-3-5-9(12)11(10)13/h3,5-6H,2,4,7H2,1H3. The van der Waals surface area contributed by atoms with Crippen molar-refractivity contribution in [3.8, 4) is 5.75 Å². The van der Waals surface area contributed by atoms with Crippen molar-refractivity contribution in [1.82, 2.24) is 0 Å². The summed E-state index contributed by atoms with van der Waals surface area (Å²) in [4.78, 5) is 11.1. The van der Waals surface area contributed by atoms with E-state index < -0.39 is 11.6 Å². The Kier molecular flexibility index (Phi) is 4.21. The molecule has 1 aromatic carbocycles. The van der Waals surface area contributed by atoms with E-state index in [1.54, 1.807) is 0 Å². The molecular formula is C11H12F2O2. The summed E-state index contributed by atoms with van der Waals surface area (Å²) in [5.74, 6) is -2.38. The third kappa shape index (κ3) is 3.31. The maximum atomic E-state index is 13.0. The fourth-order valence-electron chi connectivity index (χ4n) is 1.10. The number of hydrogen-bond acceptors (Lipinski definition) is 2. The molecule has 0 saturated heterocycles. The van der Waals surface area contributed by atoms with Crippen molar-refractivity contribution in [3.05, 3.63) is 29.8 Å². The molecule has 0 saturated carbocycles. The Morgan fingerprint density at radius 3 is 2.80 bits per heavy atom. The molecule has 0 aliphatic rings. The molecule has 0 spiro atoms. The van der Waals surface area contributed by atoms with Gasteiger partial charge in [-0.1, -0.05) is 13.0 Å². The largest absolute Gasteiger partial charge is 0.483 e. The molecule has 0 fully saturated rings. The van der Waals surface area contributed by atoms with E-state index in [0.29, 0.717) is 12.8 Å². The number of rotatable bonds is 5. The molecule has 1 rings (SSSR count). The number of Topliss-reactive ketones (excluding diaryl/α,β-unsaturated/α-hetero) is 1. The quantitative estimate of drug-likeness (QED) is 0.753. The first-order chi connectivity index (χ1) is 7.15. The molecule has 0 radical (unpaired) electrons. The summed E-state index contributed by atoms with van der Waals surface area (Å²) in [5, 5.41) is 0. The van der Waals surface area contributed by atoms with Gasteiger partial charge in [-0.25, -0.2) is 4.39 Å². The van der Waals surface area contributed by atoms with Crippen LogP contribution in [0.25, 0.3) is 0 Å². The Morgan fingerprint density at radius 2 is 2.13 bits per heavy atom. The number of benzene rings is 1. The molecule has 2 nitrogen and oxygen atoms in total. The van der Waals surface area contributed by atoms with Crippen LogP contribution >= 0.6 is 0 Å². The lowest BCUT2D eigenvalue weighted by Gasteiger charge is -2.05. The summed E-state index contributed by atoms with van der Waals surface area (Å²) in [7, 11) is 0. The van der Waals surface area contributed by atoms with Gasteiger partial charge in [0, 0.05) is 6.42 Å². The number of ether oxygens (including phenoxy) is 1. The van der Waals surface area contributed by atoms with Crippen LogP contribution < -0.4 is 4.74 Å². The lowest BCUT2D eigenvalue weighted by atomic mass is 10.2. The van der Waals surface area contributed by atoms with Crippen LogP contribution in [0, 0.1) is 11.6 Å². The van der Waals surface area contributed by atoms with Gasteiger partial charge in [-0.2, -0.15) is 4.39 Å². The van der Waals surface area contributed by atoms with Crippen molar-refractivity contribution < 1.29 is 18.3 Å². The van der Waals surface area contributed by atoms with Gasteiger partial charge in [0.1, 0.15) is 6.61 Å². The van der Waals surface area contributed by atoms with Gasteiger partial charge in [-0.15, -0.1) is 0 Å². The van der Waals surface area contributed by atoms with Crippen molar-refractivity contribution in [3.63, 3.8) is 0 Å². The first-order valence-corrected chi connectivity index (χ1v) is 4.73. The molecule has 0 bridgehead atoms. The van der Waals surface area contributed by atoms with Crippen molar-refractivity contribution in [2.75, 3.05) is 6.61 Å². The fraction of sp³-hybridized carbons (Fsp3) is 0.364. The molecule has 82 valence electrons. The summed E-state index contributed by atoms with van der Waals surface area (Å²) >= 11 is 0. The molecule has 0 aliphatic heterocycles. The first kappa shape index (κ1) is 11.6. The molecule has 15 heavy (non-hydrogen) atoms. The average molecular weight is 214 g/mol. The second-order valence-corrected chi connectivity index (χ2v) is 3.13. The number of ketones is 1. The normalized spacial score (nSPS) is 10.1. The van der Waals surface area contributed by atoms with E-state index in [9.17, 15) is 13.6 Å². The summed E-state index contributed by atoms with van der Waals surface area (Å²) in [5.41, 5.74) is 0. The smallest absolute Gasteiger partial charge is 0.200 e. The Bertz CT molecular complexity index is 350. The molecule has 1 aromatic rings. The van der Waals surface area contributed by atoms with E-state index in [4.69, 9.17) is 4.74 Å². The van der Waals surface area contributed by atoms with Crippen LogP contribution in [0.5, 0.6) is 5.75 Å². The second kappa shape index (κ2) is 5.44. The van der Waals surface area contributed by atoms with E-state index in [1.807, 2.05) is 6.92 Å². The van der Waals surface area contributed by atoms with Crippen LogP contribution in [0.4, 0.5) is 8.78 Å². The number of halogens is 2. The third-order valence-electron chi connectivity index (χ3n) is 1.83. The molecular weight excluding hydrogens is 202 g/mol. The molecule has 0 atom stereocenters. The van der Waals surface area contributed by atoms with Gasteiger partial charge in [0.15, 0.2) is 17.3 Å². The predicted octanol–water partition coefficient (Wildman–Crippen LogP) is 2.71. The molecule has 0 heterocycles. The molecule has 0 aliphatic carbocycles. The van der Waals surface area contributed by atoms with Gasteiger partial charge in [0.05, 0.1) is 0 Å². The summed E-state index contributed by atoms with van der Waals surface area (Å²) in [6.45, 7) is 1.65. The Hall–Kier alpha value is -1.45. The van der Waals surface area contributed by atoms with Crippen molar-refractivity contribution in [1.29, 1.82) is 0 Å². The minimum Gasteiger partial charge on any atom is -0.483 e. The van der Waals surface area contributed by atoms with Gasteiger partial charge in [-0.3, -0.25) is 4.79 Å². The van der Waals surface area contributed by atoms with Gasteiger partial charge in [0.25, 0.3) is 0 Å². The highest BCUT2D eigenvalue weighted by Crippen LogP contribution is 2.18. The highest BCUT2D eigenvalue weighted by Gasteiger charge is 2.09. The lowest BCUT2D eigenvalue weighted by Crippen LogP contribution is -2.11. The summed E-state index contributed by atoms with van der Waals surface area (Å²) < 4.78 is 30.6. The van der Waals surface area contributed by atoms with Crippen molar-refractivity contribution >= 4 is 5.78 Å². The van der Waals surface area contributed by atoms with Gasteiger partial charge in [-0.05, 0) is 18.6 Å². The zero-order chi connectivity index (χ0) is 11.3. The van der Waals surface area contributed by atoms with Gasteiger partial charge in [0.2, 0.25) is 5.82 Å². The van der Waals surface area contributed by atoms with Crippen LogP contribution in [0.1, 0.15) is 19.8 Å². The maximum absolute atomic E-state index is 13.0. The van der Waals surface area contributed by atoms with Crippen LogP contribution in [-0.2, 0) is 4.79 Å². The molecule has 0 N–H and O–H groups in total. The molecule has 0 amide bonds. The Balaban J connectivity index is 2.58. The minimum atomic E-state index is -1.05. The van der Waals surface area contributed by atoms with E-state index >= 15 is 0 Å². The summed E-state index contributed by atoms with van der Waals surface area (Å²) in [6, 6.07) is 3.62. The van der Waals surface area contributed by atoms with Crippen LogP contribution in [0.2, 0.25) is 0 Å². The maximum Gasteiger partial charge on any atom is 0.200 e. The highest BCUT2D eigenvalue weighted by atomic mass is 19.2. The van der Waals surface area contributed by atoms with Gasteiger partial charge < -0.3 is 4.74 Å². The molecule has 0 aromatic heterocycles. The third-order valence-corrected chi connectivity index (χ3v) is 1.83. The van der Waals surface area contributed by atoms with Crippen LogP contribution in [-0.4, -0.2) is 12.4 Å². The molecule has 0 unspecified atom stereocenters. The monoisotopic (exact) mass is 214 g/mol.